The summed E-state index contributed by atoms with van der Waals surface area (Å²) >= 11 is 0. The van der Waals surface area contributed by atoms with Gasteiger partial charge in [0.2, 0.25) is 0 Å². The molecule has 0 saturated heterocycles. The molecule has 0 amide bonds. The van der Waals surface area contributed by atoms with Crippen molar-refractivity contribution in [3.8, 4) is 0 Å². The van der Waals surface area contributed by atoms with Gasteiger partial charge in [0, 0.05) is 29.6 Å². The third-order valence-corrected chi connectivity index (χ3v) is 3.72. The maximum absolute atomic E-state index is 11.8. The van der Waals surface area contributed by atoms with Crippen LogP contribution in [0.1, 0.15) is 40.7 Å². The van der Waals surface area contributed by atoms with Gasteiger partial charge in [0.25, 0.3) is 0 Å². The van der Waals surface area contributed by atoms with Gasteiger partial charge < -0.3 is 19.9 Å². The quantitative estimate of drug-likeness (QED) is 0.706. The number of benzene rings is 1. The van der Waals surface area contributed by atoms with Crippen LogP contribution in [0, 0.1) is 6.92 Å². The smallest absolute Gasteiger partial charge is 0.360 e. The average Bonchev–Trinajstić information content (AvgIpc) is 3.11. The first-order valence-corrected chi connectivity index (χ1v) is 7.55. The summed E-state index contributed by atoms with van der Waals surface area (Å²) in [5, 5.41) is 1.08. The lowest BCUT2D eigenvalue weighted by Crippen LogP contribution is -2.13. The Morgan fingerprint density at radius 3 is 3.00 bits per heavy atom. The maximum atomic E-state index is 11.8. The van der Waals surface area contributed by atoms with Gasteiger partial charge in [-0.25, -0.2) is 9.78 Å². The number of aryl methyl sites for hydroxylation is 1. The molecule has 0 saturated carbocycles. The number of nitrogens with two attached hydrogens (primary N) is 1. The summed E-state index contributed by atoms with van der Waals surface area (Å²) in [6, 6.07) is 7.68. The van der Waals surface area contributed by atoms with Crippen molar-refractivity contribution in [2.75, 3.05) is 6.61 Å². The minimum Gasteiger partial charge on any atom is -0.461 e. The number of para-hydroxylation sites is 1. The molecule has 0 radical (unpaired) electrons. The number of carbonyl (C=O) groups is 1. The highest BCUT2D eigenvalue weighted by molar-refractivity contribution is 5.88. The molecule has 3 aromatic rings. The number of hydrogen-bond donors (Lipinski definition) is 2. The van der Waals surface area contributed by atoms with Crippen LogP contribution in [-0.4, -0.2) is 22.5 Å². The van der Waals surface area contributed by atoms with E-state index < -0.39 is 5.97 Å². The Morgan fingerprint density at radius 1 is 1.43 bits per heavy atom. The summed E-state index contributed by atoms with van der Waals surface area (Å²) in [5.74, 6) is 0.411. The van der Waals surface area contributed by atoms with E-state index in [1.807, 2.05) is 30.5 Å². The van der Waals surface area contributed by atoms with Crippen LogP contribution < -0.4 is 5.73 Å². The van der Waals surface area contributed by atoms with E-state index >= 15 is 0 Å². The van der Waals surface area contributed by atoms with Gasteiger partial charge in [-0.1, -0.05) is 18.2 Å². The topological polar surface area (TPSA) is 94.1 Å². The number of esters is 1. The number of oxazole rings is 1. The SMILES string of the molecule is CCOC(=O)c1nc(CC(N)c2c[nH]c3ccccc23)oc1C. The van der Waals surface area contributed by atoms with Gasteiger partial charge in [0.15, 0.2) is 11.6 Å². The molecule has 3 rings (SSSR count). The van der Waals surface area contributed by atoms with E-state index in [-0.39, 0.29) is 11.7 Å². The Labute approximate surface area is 133 Å². The van der Waals surface area contributed by atoms with Crippen molar-refractivity contribution in [2.24, 2.45) is 5.73 Å². The first-order valence-electron chi connectivity index (χ1n) is 7.55. The van der Waals surface area contributed by atoms with Crippen molar-refractivity contribution in [1.29, 1.82) is 0 Å². The predicted octanol–water partition coefficient (Wildman–Crippen LogP) is 2.88. The molecule has 0 aliphatic heterocycles. The number of rotatable bonds is 5. The third kappa shape index (κ3) is 2.98. The molecule has 1 aromatic carbocycles. The molecule has 0 spiro atoms. The molecule has 23 heavy (non-hydrogen) atoms. The standard InChI is InChI=1S/C17H19N3O3/c1-3-22-17(21)16-10(2)23-15(20-16)8-13(18)12-9-19-14-7-5-4-6-11(12)14/h4-7,9,13,19H,3,8,18H2,1-2H3. The minimum absolute atomic E-state index is 0.216. The Morgan fingerprint density at radius 2 is 2.22 bits per heavy atom. The monoisotopic (exact) mass is 313 g/mol. The lowest BCUT2D eigenvalue weighted by atomic mass is 10.0. The maximum Gasteiger partial charge on any atom is 0.360 e. The number of nitrogens with zero attached hydrogens (tertiary/aromatic N) is 1. The zero-order valence-electron chi connectivity index (χ0n) is 13.1. The molecule has 0 bridgehead atoms. The first kappa shape index (κ1) is 15.3. The fourth-order valence-corrected chi connectivity index (χ4v) is 2.63. The zero-order chi connectivity index (χ0) is 16.4. The summed E-state index contributed by atoms with van der Waals surface area (Å²) in [6.45, 7) is 3.75. The van der Waals surface area contributed by atoms with Crippen molar-refractivity contribution >= 4 is 16.9 Å². The number of aromatic nitrogens is 2. The molecular weight excluding hydrogens is 294 g/mol. The molecule has 6 nitrogen and oxygen atoms in total. The molecule has 3 N–H and O–H groups in total. The molecule has 0 fully saturated rings. The van der Waals surface area contributed by atoms with E-state index in [4.69, 9.17) is 14.9 Å². The number of nitrogens with one attached hydrogen (secondary N) is 1. The third-order valence-electron chi connectivity index (χ3n) is 3.72. The number of ether oxygens (including phenoxy) is 1. The highest BCUT2D eigenvalue weighted by Gasteiger charge is 2.21. The zero-order valence-corrected chi connectivity index (χ0v) is 13.1. The molecule has 120 valence electrons. The normalized spacial score (nSPS) is 12.5. The lowest BCUT2D eigenvalue weighted by Gasteiger charge is -2.08. The van der Waals surface area contributed by atoms with Crippen molar-refractivity contribution < 1.29 is 13.9 Å². The molecule has 2 aromatic heterocycles. The highest BCUT2D eigenvalue weighted by atomic mass is 16.5. The van der Waals surface area contributed by atoms with Crippen LogP contribution >= 0.6 is 0 Å². The van der Waals surface area contributed by atoms with E-state index in [0.29, 0.717) is 24.7 Å². The molecule has 0 aliphatic rings. The van der Waals surface area contributed by atoms with Crippen LogP contribution in [0.3, 0.4) is 0 Å². The van der Waals surface area contributed by atoms with Crippen molar-refractivity contribution in [3.63, 3.8) is 0 Å². The van der Waals surface area contributed by atoms with Crippen LogP contribution in [0.15, 0.2) is 34.9 Å². The average molecular weight is 313 g/mol. The van der Waals surface area contributed by atoms with E-state index in [1.54, 1.807) is 13.8 Å². The second-order valence-corrected chi connectivity index (χ2v) is 5.33. The first-order chi connectivity index (χ1) is 11.1. The molecular formula is C17H19N3O3. The van der Waals surface area contributed by atoms with Crippen LogP contribution in [0.5, 0.6) is 0 Å². The van der Waals surface area contributed by atoms with E-state index in [2.05, 4.69) is 9.97 Å². The van der Waals surface area contributed by atoms with Gasteiger partial charge >= 0.3 is 5.97 Å². The van der Waals surface area contributed by atoms with E-state index in [9.17, 15) is 4.79 Å². The van der Waals surface area contributed by atoms with Crippen LogP contribution in [0.25, 0.3) is 10.9 Å². The summed E-state index contributed by atoms with van der Waals surface area (Å²) in [5.41, 5.74) is 8.54. The second kappa shape index (κ2) is 6.26. The van der Waals surface area contributed by atoms with Gasteiger partial charge in [-0.05, 0) is 25.5 Å². The number of aromatic amines is 1. The van der Waals surface area contributed by atoms with Gasteiger partial charge in [-0.3, -0.25) is 0 Å². The van der Waals surface area contributed by atoms with E-state index in [1.165, 1.54) is 0 Å². The van der Waals surface area contributed by atoms with E-state index in [0.717, 1.165) is 16.5 Å². The number of fused-ring (bicyclic) bond motifs is 1. The van der Waals surface area contributed by atoms with Gasteiger partial charge in [-0.15, -0.1) is 0 Å². The summed E-state index contributed by atoms with van der Waals surface area (Å²) in [4.78, 5) is 19.2. The Kier molecular flexibility index (Phi) is 4.16. The predicted molar refractivity (Wildman–Crippen MR) is 86.1 cm³/mol. The number of hydrogen-bond acceptors (Lipinski definition) is 5. The van der Waals surface area contributed by atoms with Gasteiger partial charge in [-0.2, -0.15) is 0 Å². The van der Waals surface area contributed by atoms with Crippen LogP contribution in [0.2, 0.25) is 0 Å². The fourth-order valence-electron chi connectivity index (χ4n) is 2.63. The van der Waals surface area contributed by atoms with Crippen molar-refractivity contribution in [3.05, 3.63) is 53.4 Å². The molecule has 1 atom stereocenters. The van der Waals surface area contributed by atoms with Crippen LogP contribution in [-0.2, 0) is 11.2 Å². The summed E-state index contributed by atoms with van der Waals surface area (Å²) < 4.78 is 10.5. The molecule has 6 heteroatoms. The number of carbonyl (C=O) groups excluding carboxylic acids is 1. The molecule has 0 aliphatic carbocycles. The number of H-pyrrole nitrogens is 1. The summed E-state index contributed by atoms with van der Waals surface area (Å²) in [6.07, 6.45) is 2.31. The minimum atomic E-state index is -0.472. The van der Waals surface area contributed by atoms with Crippen molar-refractivity contribution in [1.82, 2.24) is 9.97 Å². The Balaban J connectivity index is 1.82. The molecule has 2 heterocycles. The largest absolute Gasteiger partial charge is 0.461 e. The van der Waals surface area contributed by atoms with Crippen molar-refractivity contribution in [2.45, 2.75) is 26.3 Å². The summed E-state index contributed by atoms with van der Waals surface area (Å²) in [7, 11) is 0. The Bertz CT molecular complexity index is 835. The lowest BCUT2D eigenvalue weighted by molar-refractivity contribution is 0.0518. The fraction of sp³-hybridized carbons (Fsp3) is 0.294. The second-order valence-electron chi connectivity index (χ2n) is 5.33. The van der Waals surface area contributed by atoms with Gasteiger partial charge in [0.1, 0.15) is 5.76 Å². The van der Waals surface area contributed by atoms with Crippen LogP contribution in [0.4, 0.5) is 0 Å². The molecule has 1 unspecified atom stereocenters. The Hall–Kier alpha value is -2.60. The highest BCUT2D eigenvalue weighted by Crippen LogP contribution is 2.25. The van der Waals surface area contributed by atoms with Gasteiger partial charge in [0.05, 0.1) is 6.61 Å².